The highest BCUT2D eigenvalue weighted by Crippen LogP contribution is 2.44. The highest BCUT2D eigenvalue weighted by atomic mass is 15.4. The van der Waals surface area contributed by atoms with Gasteiger partial charge in [-0.15, -0.1) is 0 Å². The monoisotopic (exact) mass is 962 g/mol. The van der Waals surface area contributed by atoms with Crippen molar-refractivity contribution >= 4 is 34.6 Å². The molecular weight excluding hydrogens is 905 g/mol. The second kappa shape index (κ2) is 20.4. The van der Waals surface area contributed by atoms with Gasteiger partial charge < -0.3 is 4.90 Å². The fourth-order valence-corrected chi connectivity index (χ4v) is 9.63. The van der Waals surface area contributed by atoms with Crippen LogP contribution in [0.3, 0.4) is 0 Å². The molecule has 0 N–H and O–H groups in total. The summed E-state index contributed by atoms with van der Waals surface area (Å²) in [5.74, 6) is 2.27. The number of aromatic nitrogens is 6. The first-order chi connectivity index (χ1) is 37.8. The Hall–Kier alpha value is -9.40. The van der Waals surface area contributed by atoms with Gasteiger partial charge in [0.2, 0.25) is 11.9 Å². The van der Waals surface area contributed by atoms with Crippen LogP contribution < -0.4 is 9.80 Å². The minimum Gasteiger partial charge on any atom is -0.309 e. The van der Waals surface area contributed by atoms with Gasteiger partial charge in [0.15, 0.2) is 23.3 Å². The second-order valence-electron chi connectivity index (χ2n) is 18.3. The maximum atomic E-state index is 9.19. The molecule has 358 valence electrons. The molecule has 8 heteroatoms. The molecule has 0 saturated carbocycles. The molecular formula is C66H54N8. The molecule has 0 aliphatic heterocycles. The average molecular weight is 963 g/mol. The largest absolute Gasteiger partial charge is 0.309 e. The standard InChI is InChI=1S/C66H54N8/c1-43-38-45(3)59(46(4)39-43)73(60-47(5)40-44(2)41-48(60)6)57-34-36-58(37-35-57)74(65-69-61(51-22-13-8-14-23-51)67-62(70-65)52-24-15-9-16-25-52)66-71-63(53-26-17-10-18-27-53)68-64(72-66)54-32-30-50(31-33-54)56-29-19-28-55(42-56)49-20-11-7-12-21-49/h7-42H,1-6H3/i38D,39D,40D,41D. The lowest BCUT2D eigenvalue weighted by atomic mass is 9.98. The van der Waals surface area contributed by atoms with Gasteiger partial charge in [0.1, 0.15) is 0 Å². The smallest absolute Gasteiger partial charge is 0.241 e. The SMILES string of the molecule is [2H]c1c(C)c([2H])c(C)c(N(c2ccc(N(c3nc(-c4ccccc4)nc(-c4ccccc4)n3)c3nc(-c4ccccc4)nc(-c4ccc(-c5cccc(-c6ccccc6)c5)cc4)n3)cc2)c2c(C)c([2H])c(C)c([2H])c2C)c1C. The van der Waals surface area contributed by atoms with Crippen LogP contribution in [0.25, 0.3) is 67.8 Å². The predicted octanol–water partition coefficient (Wildman–Crippen LogP) is 16.8. The molecule has 74 heavy (non-hydrogen) atoms. The lowest BCUT2D eigenvalue weighted by molar-refractivity contribution is 0.964. The van der Waals surface area contributed by atoms with Crippen LogP contribution in [-0.4, -0.2) is 29.9 Å². The number of anilines is 6. The average Bonchev–Trinajstić information content (AvgIpc) is 3.69. The molecule has 2 heterocycles. The molecule has 9 aromatic carbocycles. The van der Waals surface area contributed by atoms with E-state index in [1.807, 2.05) is 171 Å². The van der Waals surface area contributed by atoms with Crippen LogP contribution in [0.4, 0.5) is 34.6 Å². The minimum absolute atomic E-state index is 0.248. The quantitative estimate of drug-likeness (QED) is 0.120. The Morgan fingerprint density at radius 2 is 0.568 bits per heavy atom. The van der Waals surface area contributed by atoms with Gasteiger partial charge in [-0.1, -0.05) is 199 Å². The van der Waals surface area contributed by atoms with Gasteiger partial charge >= 0.3 is 0 Å². The van der Waals surface area contributed by atoms with Crippen molar-refractivity contribution in [3.05, 3.63) is 252 Å². The summed E-state index contributed by atoms with van der Waals surface area (Å²) in [6.07, 6.45) is 0. The molecule has 0 atom stereocenters. The molecule has 0 saturated heterocycles. The molecule has 0 amide bonds. The maximum absolute atomic E-state index is 9.19. The Kier molecular flexibility index (Phi) is 11.6. The van der Waals surface area contributed by atoms with Crippen molar-refractivity contribution < 1.29 is 5.48 Å². The van der Waals surface area contributed by atoms with Crippen LogP contribution >= 0.6 is 0 Å². The fourth-order valence-electron chi connectivity index (χ4n) is 9.63. The molecule has 0 spiro atoms. The van der Waals surface area contributed by atoms with Crippen LogP contribution in [0.1, 0.15) is 38.9 Å². The zero-order chi connectivity index (χ0) is 54.2. The topological polar surface area (TPSA) is 83.8 Å². The zero-order valence-electron chi connectivity index (χ0n) is 46.1. The van der Waals surface area contributed by atoms with Crippen LogP contribution in [0.5, 0.6) is 0 Å². The molecule has 2 aromatic heterocycles. The van der Waals surface area contributed by atoms with Crippen LogP contribution in [0.15, 0.2) is 218 Å². The van der Waals surface area contributed by atoms with Gasteiger partial charge in [-0.05, 0) is 116 Å². The first-order valence-corrected chi connectivity index (χ1v) is 24.6. The van der Waals surface area contributed by atoms with Crippen molar-refractivity contribution in [3.8, 4) is 67.8 Å². The lowest BCUT2D eigenvalue weighted by Gasteiger charge is -2.32. The number of rotatable bonds is 12. The van der Waals surface area contributed by atoms with Gasteiger partial charge in [0.25, 0.3) is 0 Å². The summed E-state index contributed by atoms with van der Waals surface area (Å²) in [6.45, 7) is 11.2. The molecule has 0 fully saturated rings. The highest BCUT2D eigenvalue weighted by Gasteiger charge is 2.26. The van der Waals surface area contributed by atoms with Crippen molar-refractivity contribution in [2.45, 2.75) is 41.5 Å². The van der Waals surface area contributed by atoms with Crippen LogP contribution in [0, 0.1) is 41.5 Å². The summed E-state index contributed by atoms with van der Waals surface area (Å²) < 4.78 is 36.7. The first-order valence-electron chi connectivity index (χ1n) is 26.6. The van der Waals surface area contributed by atoms with E-state index in [0.717, 1.165) is 44.5 Å². The van der Waals surface area contributed by atoms with Crippen molar-refractivity contribution in [2.75, 3.05) is 9.80 Å². The Morgan fingerprint density at radius 1 is 0.284 bits per heavy atom. The van der Waals surface area contributed by atoms with Gasteiger partial charge in [0.05, 0.1) is 22.5 Å². The van der Waals surface area contributed by atoms with E-state index in [-0.39, 0.29) is 36.1 Å². The molecule has 11 rings (SSSR count). The number of hydrogen-bond donors (Lipinski definition) is 0. The van der Waals surface area contributed by atoms with E-state index in [1.54, 1.807) is 13.8 Å². The Labute approximate surface area is 439 Å². The summed E-state index contributed by atoms with van der Waals surface area (Å²) in [6, 6.07) is 65.4. The molecule has 11 aromatic rings. The number of benzene rings is 9. The van der Waals surface area contributed by atoms with Crippen LogP contribution in [-0.2, 0) is 0 Å². The van der Waals surface area contributed by atoms with E-state index in [1.165, 1.54) is 0 Å². The van der Waals surface area contributed by atoms with E-state index < -0.39 is 0 Å². The van der Waals surface area contributed by atoms with Gasteiger partial charge in [-0.25, -0.2) is 14.9 Å². The fraction of sp³-hybridized carbons (Fsp3) is 0.0909. The second-order valence-corrected chi connectivity index (χ2v) is 18.3. The normalized spacial score (nSPS) is 11.9. The summed E-state index contributed by atoms with van der Waals surface area (Å²) in [5, 5.41) is 0. The third-order valence-electron chi connectivity index (χ3n) is 12.9. The lowest BCUT2D eigenvalue weighted by Crippen LogP contribution is -2.19. The molecule has 0 unspecified atom stereocenters. The molecule has 0 radical (unpaired) electrons. The van der Waals surface area contributed by atoms with Crippen molar-refractivity contribution in [1.82, 2.24) is 29.9 Å². The number of hydrogen-bond acceptors (Lipinski definition) is 8. The molecule has 0 aliphatic rings. The van der Waals surface area contributed by atoms with Crippen molar-refractivity contribution in [2.24, 2.45) is 0 Å². The Bertz CT molecular complexity index is 3830. The minimum atomic E-state index is 0.248. The third-order valence-corrected chi connectivity index (χ3v) is 12.9. The summed E-state index contributed by atoms with van der Waals surface area (Å²) >= 11 is 0. The summed E-state index contributed by atoms with van der Waals surface area (Å²) in [5.41, 5.74) is 14.0. The Balaban J connectivity index is 1.13. The predicted molar refractivity (Wildman–Crippen MR) is 304 cm³/mol. The van der Waals surface area contributed by atoms with E-state index >= 15 is 0 Å². The van der Waals surface area contributed by atoms with Crippen LogP contribution in [0.2, 0.25) is 0 Å². The highest BCUT2D eigenvalue weighted by molar-refractivity contribution is 5.85. The first kappa shape index (κ1) is 42.3. The molecule has 0 aliphatic carbocycles. The zero-order valence-corrected chi connectivity index (χ0v) is 42.1. The Morgan fingerprint density at radius 3 is 0.932 bits per heavy atom. The van der Waals surface area contributed by atoms with Gasteiger partial charge in [0, 0.05) is 27.9 Å². The van der Waals surface area contributed by atoms with Crippen molar-refractivity contribution in [1.29, 1.82) is 0 Å². The number of nitrogens with zero attached hydrogens (tertiary/aromatic N) is 8. The van der Waals surface area contributed by atoms with E-state index in [0.29, 0.717) is 79.4 Å². The van der Waals surface area contributed by atoms with E-state index in [4.69, 9.17) is 29.9 Å². The van der Waals surface area contributed by atoms with Crippen molar-refractivity contribution in [3.63, 3.8) is 0 Å². The molecule has 0 bridgehead atoms. The summed E-state index contributed by atoms with van der Waals surface area (Å²) in [4.78, 5) is 35.0. The van der Waals surface area contributed by atoms with Gasteiger partial charge in [-0.3, -0.25) is 0 Å². The van der Waals surface area contributed by atoms with Gasteiger partial charge in [-0.2, -0.15) is 19.9 Å². The third kappa shape index (κ3) is 9.69. The maximum Gasteiger partial charge on any atom is 0.241 e. The summed E-state index contributed by atoms with van der Waals surface area (Å²) in [7, 11) is 0. The van der Waals surface area contributed by atoms with E-state index in [2.05, 4.69) is 60.7 Å². The van der Waals surface area contributed by atoms with E-state index in [9.17, 15) is 5.48 Å². The molecule has 8 nitrogen and oxygen atoms in total.